The topological polar surface area (TPSA) is 52.3 Å². The van der Waals surface area contributed by atoms with Crippen molar-refractivity contribution in [2.45, 2.75) is 6.36 Å². The van der Waals surface area contributed by atoms with Crippen LogP contribution < -0.4 is 4.74 Å². The van der Waals surface area contributed by atoms with E-state index in [-0.39, 0.29) is 16.7 Å². The minimum atomic E-state index is -4.83. The zero-order chi connectivity index (χ0) is 18.5. The minimum absolute atomic E-state index is 0.0346. The molecule has 5 nitrogen and oxygen atoms in total. The second-order valence-corrected chi connectivity index (χ2v) is 6.42. The normalized spacial score (nSPS) is 12.0. The number of fused-ring (bicyclic) bond motifs is 3. The quantitative estimate of drug-likeness (QED) is 0.397. The molecule has 0 amide bonds. The summed E-state index contributed by atoms with van der Waals surface area (Å²) >= 11 is 9.56. The lowest BCUT2D eigenvalue weighted by Gasteiger charge is -2.11. The molecule has 132 valence electrons. The van der Waals surface area contributed by atoms with Gasteiger partial charge in [0.2, 0.25) is 5.28 Å². The highest BCUT2D eigenvalue weighted by Crippen LogP contribution is 2.34. The Labute approximate surface area is 157 Å². The van der Waals surface area contributed by atoms with Crippen LogP contribution in [0.5, 0.6) is 5.75 Å². The molecule has 0 unspecified atom stereocenters. The SMILES string of the molecule is FC(F)(F)Oc1ccccc1-c1nc2c3cccc(Br)c3nc(Cl)n2n1. The van der Waals surface area contributed by atoms with E-state index < -0.39 is 12.1 Å². The van der Waals surface area contributed by atoms with Crippen molar-refractivity contribution in [3.63, 3.8) is 0 Å². The van der Waals surface area contributed by atoms with Gasteiger partial charge in [0.1, 0.15) is 5.75 Å². The van der Waals surface area contributed by atoms with Crippen LogP contribution in [0.25, 0.3) is 27.9 Å². The highest BCUT2D eigenvalue weighted by Gasteiger charge is 2.32. The summed E-state index contributed by atoms with van der Waals surface area (Å²) in [6, 6.07) is 11.0. The average molecular weight is 444 g/mol. The van der Waals surface area contributed by atoms with Crippen molar-refractivity contribution in [3.05, 3.63) is 52.2 Å². The van der Waals surface area contributed by atoms with E-state index in [1.54, 1.807) is 24.3 Å². The Hall–Kier alpha value is -2.39. The van der Waals surface area contributed by atoms with Gasteiger partial charge in [0, 0.05) is 9.86 Å². The van der Waals surface area contributed by atoms with Gasteiger partial charge in [-0.2, -0.15) is 4.52 Å². The number of hydrogen-bond donors (Lipinski definition) is 0. The number of para-hydroxylation sites is 2. The van der Waals surface area contributed by atoms with Crippen molar-refractivity contribution in [3.8, 4) is 17.1 Å². The maximum atomic E-state index is 12.7. The molecule has 0 bridgehead atoms. The fourth-order valence-electron chi connectivity index (χ4n) is 2.54. The van der Waals surface area contributed by atoms with Crippen LogP contribution in [0.3, 0.4) is 0 Å². The van der Waals surface area contributed by atoms with Crippen molar-refractivity contribution in [2.24, 2.45) is 0 Å². The Morgan fingerprint density at radius 1 is 1.04 bits per heavy atom. The Bertz CT molecular complexity index is 1150. The molecule has 0 saturated heterocycles. The maximum Gasteiger partial charge on any atom is 0.573 e. The molecule has 0 spiro atoms. The van der Waals surface area contributed by atoms with Crippen molar-refractivity contribution >= 4 is 44.1 Å². The summed E-state index contributed by atoms with van der Waals surface area (Å²) in [4.78, 5) is 8.62. The van der Waals surface area contributed by atoms with Crippen molar-refractivity contribution in [2.75, 3.05) is 0 Å². The van der Waals surface area contributed by atoms with Gasteiger partial charge in [0.15, 0.2) is 11.5 Å². The number of ether oxygens (including phenoxy) is 1. The molecular formula is C16H7BrClF3N4O. The molecule has 2 heterocycles. The summed E-state index contributed by atoms with van der Waals surface area (Å²) in [6.45, 7) is 0. The van der Waals surface area contributed by atoms with Gasteiger partial charge in [-0.15, -0.1) is 18.3 Å². The fraction of sp³-hybridized carbons (Fsp3) is 0.0625. The van der Waals surface area contributed by atoms with Crippen LogP contribution in [0.1, 0.15) is 0 Å². The number of hydrogen-bond acceptors (Lipinski definition) is 4. The first-order valence-electron chi connectivity index (χ1n) is 7.19. The van der Waals surface area contributed by atoms with Crippen molar-refractivity contribution in [1.29, 1.82) is 0 Å². The zero-order valence-electron chi connectivity index (χ0n) is 12.6. The summed E-state index contributed by atoms with van der Waals surface area (Å²) in [6.07, 6.45) is -4.83. The molecule has 0 atom stereocenters. The molecule has 2 aromatic carbocycles. The molecule has 4 rings (SSSR count). The number of aromatic nitrogens is 4. The maximum absolute atomic E-state index is 12.7. The van der Waals surface area contributed by atoms with Gasteiger partial charge in [-0.25, -0.2) is 9.97 Å². The molecule has 4 aromatic rings. The largest absolute Gasteiger partial charge is 0.573 e. The molecule has 0 fully saturated rings. The molecule has 0 N–H and O–H groups in total. The van der Waals surface area contributed by atoms with E-state index in [0.717, 1.165) is 0 Å². The Balaban J connectivity index is 1.96. The molecule has 26 heavy (non-hydrogen) atoms. The van der Waals surface area contributed by atoms with E-state index >= 15 is 0 Å². The highest BCUT2D eigenvalue weighted by molar-refractivity contribution is 9.10. The molecular weight excluding hydrogens is 437 g/mol. The third-order valence-electron chi connectivity index (χ3n) is 3.57. The zero-order valence-corrected chi connectivity index (χ0v) is 15.0. The van der Waals surface area contributed by atoms with Gasteiger partial charge < -0.3 is 4.74 Å². The molecule has 0 saturated carbocycles. The Kier molecular flexibility index (Phi) is 4.00. The monoisotopic (exact) mass is 442 g/mol. The highest BCUT2D eigenvalue weighted by atomic mass is 79.9. The third kappa shape index (κ3) is 2.97. The summed E-state index contributed by atoms with van der Waals surface area (Å²) in [5.41, 5.74) is 1.04. The van der Waals surface area contributed by atoms with Gasteiger partial charge in [-0.1, -0.05) is 18.2 Å². The van der Waals surface area contributed by atoms with Gasteiger partial charge in [-0.05, 0) is 51.8 Å². The summed E-state index contributed by atoms with van der Waals surface area (Å²) in [5.74, 6) is -0.355. The summed E-state index contributed by atoms with van der Waals surface area (Å²) in [7, 11) is 0. The van der Waals surface area contributed by atoms with Crippen LogP contribution in [0, 0.1) is 0 Å². The number of rotatable bonds is 2. The molecule has 0 aliphatic carbocycles. The summed E-state index contributed by atoms with van der Waals surface area (Å²) in [5, 5.41) is 4.89. The van der Waals surface area contributed by atoms with Gasteiger partial charge in [-0.3, -0.25) is 0 Å². The second kappa shape index (κ2) is 6.10. The second-order valence-electron chi connectivity index (χ2n) is 5.23. The van der Waals surface area contributed by atoms with E-state index in [0.29, 0.717) is 21.0 Å². The van der Waals surface area contributed by atoms with Crippen LogP contribution in [0.4, 0.5) is 13.2 Å². The lowest BCUT2D eigenvalue weighted by molar-refractivity contribution is -0.274. The molecule has 0 radical (unpaired) electrons. The van der Waals surface area contributed by atoms with Crippen LogP contribution in [-0.4, -0.2) is 25.9 Å². The first kappa shape index (κ1) is 17.0. The van der Waals surface area contributed by atoms with E-state index in [1.807, 2.05) is 0 Å². The van der Waals surface area contributed by atoms with Gasteiger partial charge >= 0.3 is 6.36 Å². The third-order valence-corrected chi connectivity index (χ3v) is 4.45. The molecule has 10 heteroatoms. The van der Waals surface area contributed by atoms with Crippen LogP contribution >= 0.6 is 27.5 Å². The van der Waals surface area contributed by atoms with Crippen LogP contribution in [0.15, 0.2) is 46.9 Å². The molecule has 0 aliphatic heterocycles. The number of nitrogens with zero attached hydrogens (tertiary/aromatic N) is 4. The molecule has 0 aliphatic rings. The van der Waals surface area contributed by atoms with E-state index in [1.165, 1.54) is 22.7 Å². The lowest BCUT2D eigenvalue weighted by Crippen LogP contribution is -2.17. The van der Waals surface area contributed by atoms with Gasteiger partial charge in [0.05, 0.1) is 11.1 Å². The lowest BCUT2D eigenvalue weighted by atomic mass is 10.2. The Morgan fingerprint density at radius 2 is 1.81 bits per heavy atom. The standard InChI is InChI=1S/C16H7BrClF3N4O/c17-10-6-3-5-9-12(10)22-15(18)25-14(9)23-13(24-25)8-4-1-2-7-11(8)26-16(19,20)21/h1-7H. The number of halogens is 5. The number of benzene rings is 2. The summed E-state index contributed by atoms with van der Waals surface area (Å²) < 4.78 is 44.0. The predicted molar refractivity (Wildman–Crippen MR) is 93.1 cm³/mol. The van der Waals surface area contributed by atoms with E-state index in [9.17, 15) is 13.2 Å². The smallest absolute Gasteiger partial charge is 0.405 e. The number of alkyl halides is 3. The minimum Gasteiger partial charge on any atom is -0.405 e. The molecule has 2 aromatic heterocycles. The van der Waals surface area contributed by atoms with Crippen molar-refractivity contribution < 1.29 is 17.9 Å². The fourth-order valence-corrected chi connectivity index (χ4v) is 3.20. The first-order valence-corrected chi connectivity index (χ1v) is 8.36. The van der Waals surface area contributed by atoms with Gasteiger partial charge in [0.25, 0.3) is 0 Å². The van der Waals surface area contributed by atoms with Crippen LogP contribution in [-0.2, 0) is 0 Å². The van der Waals surface area contributed by atoms with E-state index in [4.69, 9.17) is 11.6 Å². The predicted octanol–water partition coefficient (Wildman–Crippen LogP) is 5.26. The van der Waals surface area contributed by atoms with Crippen molar-refractivity contribution in [1.82, 2.24) is 19.6 Å². The first-order chi connectivity index (χ1) is 12.3. The van der Waals surface area contributed by atoms with Crippen LogP contribution in [0.2, 0.25) is 5.28 Å². The average Bonchev–Trinajstić information content (AvgIpc) is 3.01. The Morgan fingerprint density at radius 3 is 2.58 bits per heavy atom. The van der Waals surface area contributed by atoms with E-state index in [2.05, 4.69) is 35.7 Å².